The number of amides is 1. The molecule has 0 radical (unpaired) electrons. The maximum Gasteiger partial charge on any atom is 0.252 e. The number of rotatable bonds is 5. The van der Waals surface area contributed by atoms with Gasteiger partial charge in [-0.15, -0.1) is 11.3 Å². The van der Waals surface area contributed by atoms with Gasteiger partial charge in [0.25, 0.3) is 5.91 Å². The van der Waals surface area contributed by atoms with Crippen LogP contribution in [0.4, 0.5) is 0 Å². The van der Waals surface area contributed by atoms with Gasteiger partial charge in [-0.3, -0.25) is 4.79 Å². The Balaban J connectivity index is 1.92. The molecule has 102 valence electrons. The fourth-order valence-electron chi connectivity index (χ4n) is 2.00. The van der Waals surface area contributed by atoms with Crippen molar-refractivity contribution in [3.8, 4) is 11.8 Å². The van der Waals surface area contributed by atoms with Crippen molar-refractivity contribution in [3.05, 3.63) is 21.9 Å². The number of aliphatic hydroxyl groups is 1. The van der Waals surface area contributed by atoms with E-state index in [0.717, 1.165) is 23.6 Å². The van der Waals surface area contributed by atoms with Gasteiger partial charge in [0.15, 0.2) is 0 Å². The van der Waals surface area contributed by atoms with Gasteiger partial charge in [0.05, 0.1) is 10.4 Å². The fourth-order valence-corrected chi connectivity index (χ4v) is 2.75. The molecular formula is C15H19NO2S. The van der Waals surface area contributed by atoms with Crippen LogP contribution in [-0.2, 0) is 0 Å². The largest absolute Gasteiger partial charge is 0.384 e. The van der Waals surface area contributed by atoms with Crippen LogP contribution in [0.3, 0.4) is 0 Å². The van der Waals surface area contributed by atoms with Gasteiger partial charge in [0.1, 0.15) is 6.61 Å². The Hall–Kier alpha value is -1.31. The monoisotopic (exact) mass is 277 g/mol. The third-order valence-corrected chi connectivity index (χ3v) is 4.14. The molecule has 1 fully saturated rings. The summed E-state index contributed by atoms with van der Waals surface area (Å²) in [6.07, 6.45) is 4.70. The molecule has 1 aliphatic rings. The van der Waals surface area contributed by atoms with Gasteiger partial charge in [-0.1, -0.05) is 31.6 Å². The first-order chi connectivity index (χ1) is 9.22. The van der Waals surface area contributed by atoms with Crippen molar-refractivity contribution in [1.82, 2.24) is 5.32 Å². The van der Waals surface area contributed by atoms with E-state index in [1.807, 2.05) is 5.38 Å². The molecule has 0 saturated heterocycles. The Bertz CT molecular complexity index is 494. The lowest BCUT2D eigenvalue weighted by Gasteiger charge is -2.15. The molecule has 1 unspecified atom stereocenters. The van der Waals surface area contributed by atoms with Gasteiger partial charge >= 0.3 is 0 Å². The maximum atomic E-state index is 12.1. The molecule has 1 aromatic heterocycles. The second-order valence-electron chi connectivity index (χ2n) is 4.92. The highest BCUT2D eigenvalue weighted by molar-refractivity contribution is 7.10. The second kappa shape index (κ2) is 6.74. The van der Waals surface area contributed by atoms with Crippen LogP contribution in [0, 0.1) is 17.8 Å². The summed E-state index contributed by atoms with van der Waals surface area (Å²) in [7, 11) is 0. The van der Waals surface area contributed by atoms with E-state index in [2.05, 4.69) is 24.1 Å². The van der Waals surface area contributed by atoms with E-state index >= 15 is 0 Å². The lowest BCUT2D eigenvalue weighted by Crippen LogP contribution is -2.34. The van der Waals surface area contributed by atoms with Crippen molar-refractivity contribution in [2.45, 2.75) is 38.6 Å². The Morgan fingerprint density at radius 3 is 3.05 bits per heavy atom. The summed E-state index contributed by atoms with van der Waals surface area (Å²) in [5.41, 5.74) is 0.668. The molecule has 0 aliphatic heterocycles. The number of nitrogens with one attached hydrogen (secondary N) is 1. The number of carbonyl (C=O) groups excluding carboxylic acids is 1. The zero-order chi connectivity index (χ0) is 13.7. The molecule has 1 heterocycles. The lowest BCUT2D eigenvalue weighted by atomic mass is 10.1. The van der Waals surface area contributed by atoms with Crippen molar-refractivity contribution < 1.29 is 9.90 Å². The number of hydrogen-bond donors (Lipinski definition) is 2. The zero-order valence-electron chi connectivity index (χ0n) is 11.1. The summed E-state index contributed by atoms with van der Waals surface area (Å²) in [5, 5.41) is 13.5. The molecule has 4 heteroatoms. The molecule has 1 saturated carbocycles. The third-order valence-electron chi connectivity index (χ3n) is 3.30. The predicted octanol–water partition coefficient (Wildman–Crippen LogP) is 2.40. The summed E-state index contributed by atoms with van der Waals surface area (Å²) in [5.74, 6) is 6.21. The van der Waals surface area contributed by atoms with Crippen LogP contribution in [0.1, 0.15) is 47.8 Å². The quantitative estimate of drug-likeness (QED) is 0.812. The van der Waals surface area contributed by atoms with Crippen molar-refractivity contribution in [1.29, 1.82) is 0 Å². The minimum absolute atomic E-state index is 0.0131. The van der Waals surface area contributed by atoms with Crippen LogP contribution in [-0.4, -0.2) is 23.7 Å². The molecular weight excluding hydrogens is 258 g/mol. The summed E-state index contributed by atoms with van der Waals surface area (Å²) < 4.78 is 0. The average molecular weight is 277 g/mol. The first kappa shape index (κ1) is 14.1. The minimum Gasteiger partial charge on any atom is -0.384 e. The number of carbonyl (C=O) groups is 1. The van der Waals surface area contributed by atoms with Gasteiger partial charge in [0, 0.05) is 11.4 Å². The van der Waals surface area contributed by atoms with Crippen molar-refractivity contribution in [2.75, 3.05) is 6.61 Å². The van der Waals surface area contributed by atoms with Crippen LogP contribution in [0.5, 0.6) is 0 Å². The number of hydrogen-bond acceptors (Lipinski definition) is 3. The Morgan fingerprint density at radius 2 is 2.42 bits per heavy atom. The molecule has 1 atom stereocenters. The standard InChI is InChI=1S/C15H19NO2S/c1-2-13(8-11-5-6-11)16-15(18)12-9-14(19-10-12)4-3-7-17/h9-11,13,17H,2,5-8H2,1H3,(H,16,18). The van der Waals surface area contributed by atoms with Crippen LogP contribution in [0.15, 0.2) is 11.4 Å². The molecule has 2 N–H and O–H groups in total. The van der Waals surface area contributed by atoms with Crippen molar-refractivity contribution in [3.63, 3.8) is 0 Å². The first-order valence-electron chi connectivity index (χ1n) is 6.72. The van der Waals surface area contributed by atoms with E-state index in [1.54, 1.807) is 6.07 Å². The van der Waals surface area contributed by atoms with Crippen LogP contribution >= 0.6 is 11.3 Å². The lowest BCUT2D eigenvalue weighted by molar-refractivity contribution is 0.0933. The molecule has 3 nitrogen and oxygen atoms in total. The van der Waals surface area contributed by atoms with Crippen LogP contribution in [0.25, 0.3) is 0 Å². The summed E-state index contributed by atoms with van der Waals surface area (Å²) in [6.45, 7) is 1.96. The number of thiophene rings is 1. The van der Waals surface area contributed by atoms with Gasteiger partial charge in [-0.05, 0) is 24.8 Å². The van der Waals surface area contributed by atoms with E-state index in [4.69, 9.17) is 5.11 Å². The van der Waals surface area contributed by atoms with Crippen LogP contribution in [0.2, 0.25) is 0 Å². The van der Waals surface area contributed by atoms with Crippen LogP contribution < -0.4 is 5.32 Å². The predicted molar refractivity (Wildman–Crippen MR) is 77.2 cm³/mol. The zero-order valence-corrected chi connectivity index (χ0v) is 11.9. The highest BCUT2D eigenvalue weighted by atomic mass is 32.1. The highest BCUT2D eigenvalue weighted by Gasteiger charge is 2.25. The van der Waals surface area contributed by atoms with Gasteiger partial charge in [0.2, 0.25) is 0 Å². The molecule has 0 bridgehead atoms. The Labute approximate surface area is 118 Å². The highest BCUT2D eigenvalue weighted by Crippen LogP contribution is 2.34. The van der Waals surface area contributed by atoms with Crippen molar-refractivity contribution >= 4 is 17.2 Å². The molecule has 0 spiro atoms. The molecule has 1 aromatic rings. The average Bonchev–Trinajstić information content (AvgIpc) is 3.10. The topological polar surface area (TPSA) is 49.3 Å². The smallest absolute Gasteiger partial charge is 0.252 e. The van der Waals surface area contributed by atoms with Gasteiger partial charge in [-0.25, -0.2) is 0 Å². The molecule has 0 aromatic carbocycles. The Kier molecular flexibility index (Phi) is 5.00. The maximum absolute atomic E-state index is 12.1. The van der Waals surface area contributed by atoms with E-state index in [-0.39, 0.29) is 18.6 Å². The van der Waals surface area contributed by atoms with Crippen molar-refractivity contribution in [2.24, 2.45) is 5.92 Å². The fraction of sp³-hybridized carbons (Fsp3) is 0.533. The molecule has 1 aliphatic carbocycles. The van der Waals surface area contributed by atoms with Gasteiger partial charge < -0.3 is 10.4 Å². The van der Waals surface area contributed by atoms with Gasteiger partial charge in [-0.2, -0.15) is 0 Å². The third kappa shape index (κ3) is 4.38. The summed E-state index contributed by atoms with van der Waals surface area (Å²) in [4.78, 5) is 12.9. The normalized spacial score (nSPS) is 15.5. The Morgan fingerprint density at radius 1 is 1.63 bits per heavy atom. The molecule has 2 rings (SSSR count). The van der Waals surface area contributed by atoms with E-state index in [9.17, 15) is 4.79 Å². The second-order valence-corrected chi connectivity index (χ2v) is 5.83. The molecule has 1 amide bonds. The summed E-state index contributed by atoms with van der Waals surface area (Å²) >= 11 is 1.43. The SMILES string of the molecule is CCC(CC1CC1)NC(=O)c1csc(C#CCO)c1. The van der Waals surface area contributed by atoms with E-state index in [1.165, 1.54) is 24.2 Å². The summed E-state index contributed by atoms with van der Waals surface area (Å²) in [6, 6.07) is 2.07. The minimum atomic E-state index is -0.154. The van der Waals surface area contributed by atoms with E-state index in [0.29, 0.717) is 5.56 Å². The van der Waals surface area contributed by atoms with E-state index < -0.39 is 0 Å². The molecule has 19 heavy (non-hydrogen) atoms. The first-order valence-corrected chi connectivity index (χ1v) is 7.60. The number of aliphatic hydroxyl groups excluding tert-OH is 1.